The summed E-state index contributed by atoms with van der Waals surface area (Å²) in [7, 11) is 0. The summed E-state index contributed by atoms with van der Waals surface area (Å²) < 4.78 is 5.75. The molecule has 0 fully saturated rings. The number of hydrogen-bond acceptors (Lipinski definition) is 3. The van der Waals surface area contributed by atoms with E-state index in [-0.39, 0.29) is 11.3 Å². The standard InChI is InChI=1S/C21H18ClNO3/c1-14-3-2-4-15(11-14)13-26-18-9-10-20(24)19(12-18)21(25)23-17-7-5-16(22)6-8-17/h2-12,24H,13H2,1H3,(H,23,25). The van der Waals surface area contributed by atoms with Crippen molar-refractivity contribution in [2.75, 3.05) is 5.32 Å². The van der Waals surface area contributed by atoms with Crippen LogP contribution in [0.5, 0.6) is 11.5 Å². The number of nitrogens with one attached hydrogen (secondary N) is 1. The molecule has 1 amide bonds. The number of benzene rings is 3. The molecule has 3 aromatic carbocycles. The quantitative estimate of drug-likeness (QED) is 0.652. The third kappa shape index (κ3) is 4.55. The Morgan fingerprint density at radius 2 is 1.85 bits per heavy atom. The van der Waals surface area contributed by atoms with E-state index in [0.717, 1.165) is 11.1 Å². The smallest absolute Gasteiger partial charge is 0.259 e. The Hall–Kier alpha value is -2.98. The van der Waals surface area contributed by atoms with Crippen LogP contribution in [0.2, 0.25) is 5.02 Å². The highest BCUT2D eigenvalue weighted by Crippen LogP contribution is 2.25. The normalized spacial score (nSPS) is 10.4. The van der Waals surface area contributed by atoms with Crippen LogP contribution in [0.4, 0.5) is 5.69 Å². The SMILES string of the molecule is Cc1cccc(COc2ccc(O)c(C(=O)Nc3ccc(Cl)cc3)c2)c1. The second-order valence-electron chi connectivity index (χ2n) is 5.92. The number of hydrogen-bond donors (Lipinski definition) is 2. The first-order chi connectivity index (χ1) is 12.5. The molecule has 0 atom stereocenters. The fourth-order valence-electron chi connectivity index (χ4n) is 2.49. The monoisotopic (exact) mass is 367 g/mol. The van der Waals surface area contributed by atoms with Crippen molar-refractivity contribution in [2.24, 2.45) is 0 Å². The highest BCUT2D eigenvalue weighted by atomic mass is 35.5. The average Bonchev–Trinajstić information content (AvgIpc) is 2.63. The van der Waals surface area contributed by atoms with Gasteiger partial charge in [0.05, 0.1) is 5.56 Å². The molecule has 0 aliphatic rings. The number of carbonyl (C=O) groups excluding carboxylic acids is 1. The van der Waals surface area contributed by atoms with E-state index < -0.39 is 5.91 Å². The van der Waals surface area contributed by atoms with Gasteiger partial charge >= 0.3 is 0 Å². The van der Waals surface area contributed by atoms with Crippen LogP contribution in [0.25, 0.3) is 0 Å². The molecule has 0 bridgehead atoms. The third-order valence-electron chi connectivity index (χ3n) is 3.80. The van der Waals surface area contributed by atoms with Crippen molar-refractivity contribution in [2.45, 2.75) is 13.5 Å². The Labute approximate surface area is 157 Å². The molecule has 0 spiro atoms. The van der Waals surface area contributed by atoms with Crippen LogP contribution in [0.1, 0.15) is 21.5 Å². The Morgan fingerprint density at radius 3 is 2.58 bits per heavy atom. The van der Waals surface area contributed by atoms with Crippen LogP contribution in [-0.4, -0.2) is 11.0 Å². The van der Waals surface area contributed by atoms with Gasteiger partial charge in [0.25, 0.3) is 5.91 Å². The van der Waals surface area contributed by atoms with Gasteiger partial charge in [-0.1, -0.05) is 41.4 Å². The lowest BCUT2D eigenvalue weighted by Gasteiger charge is -2.11. The number of halogens is 1. The maximum absolute atomic E-state index is 12.4. The van der Waals surface area contributed by atoms with Crippen LogP contribution in [0.3, 0.4) is 0 Å². The molecular weight excluding hydrogens is 350 g/mol. The Bertz CT molecular complexity index is 923. The van der Waals surface area contributed by atoms with E-state index in [0.29, 0.717) is 23.1 Å². The minimum atomic E-state index is -0.425. The number of carbonyl (C=O) groups is 1. The molecule has 0 unspecified atom stereocenters. The Kier molecular flexibility index (Phi) is 5.44. The summed E-state index contributed by atoms with van der Waals surface area (Å²) in [5, 5.41) is 13.3. The van der Waals surface area contributed by atoms with Gasteiger partial charge in [-0.05, 0) is 55.0 Å². The van der Waals surface area contributed by atoms with E-state index >= 15 is 0 Å². The Balaban J connectivity index is 1.72. The molecule has 0 saturated heterocycles. The van der Waals surface area contributed by atoms with Gasteiger partial charge < -0.3 is 15.2 Å². The minimum absolute atomic E-state index is 0.112. The largest absolute Gasteiger partial charge is 0.507 e. The summed E-state index contributed by atoms with van der Waals surface area (Å²) in [6, 6.07) is 19.3. The lowest BCUT2D eigenvalue weighted by Crippen LogP contribution is -2.12. The fraction of sp³-hybridized carbons (Fsp3) is 0.0952. The molecule has 26 heavy (non-hydrogen) atoms. The molecule has 3 aromatic rings. The van der Waals surface area contributed by atoms with Crippen molar-refractivity contribution in [3.63, 3.8) is 0 Å². The molecule has 0 aliphatic carbocycles. The van der Waals surface area contributed by atoms with Gasteiger partial charge in [0, 0.05) is 10.7 Å². The van der Waals surface area contributed by atoms with E-state index in [1.807, 2.05) is 31.2 Å². The number of aromatic hydroxyl groups is 1. The summed E-state index contributed by atoms with van der Waals surface area (Å²) in [6.07, 6.45) is 0. The molecule has 0 radical (unpaired) electrons. The van der Waals surface area contributed by atoms with E-state index in [4.69, 9.17) is 16.3 Å². The minimum Gasteiger partial charge on any atom is -0.507 e. The average molecular weight is 368 g/mol. The summed E-state index contributed by atoms with van der Waals surface area (Å²) in [4.78, 5) is 12.4. The van der Waals surface area contributed by atoms with Crippen molar-refractivity contribution in [3.05, 3.63) is 88.4 Å². The molecule has 5 heteroatoms. The Morgan fingerprint density at radius 1 is 1.08 bits per heavy atom. The van der Waals surface area contributed by atoms with Gasteiger partial charge in [-0.2, -0.15) is 0 Å². The van der Waals surface area contributed by atoms with Gasteiger partial charge in [-0.25, -0.2) is 0 Å². The van der Waals surface area contributed by atoms with Crippen LogP contribution in [0.15, 0.2) is 66.7 Å². The number of phenolic OH excluding ortho intramolecular Hbond substituents is 1. The zero-order valence-corrected chi connectivity index (χ0v) is 15.0. The summed E-state index contributed by atoms with van der Waals surface area (Å²) in [5.41, 5.74) is 2.91. The van der Waals surface area contributed by atoms with Gasteiger partial charge in [-0.3, -0.25) is 4.79 Å². The maximum atomic E-state index is 12.4. The maximum Gasteiger partial charge on any atom is 0.259 e. The molecule has 132 valence electrons. The second-order valence-corrected chi connectivity index (χ2v) is 6.35. The van der Waals surface area contributed by atoms with E-state index in [1.54, 1.807) is 30.3 Å². The van der Waals surface area contributed by atoms with E-state index in [1.165, 1.54) is 12.1 Å². The highest BCUT2D eigenvalue weighted by Gasteiger charge is 2.13. The van der Waals surface area contributed by atoms with Gasteiger partial charge in [-0.15, -0.1) is 0 Å². The number of amides is 1. The predicted molar refractivity (Wildman–Crippen MR) is 103 cm³/mol. The van der Waals surface area contributed by atoms with Crippen molar-refractivity contribution in [1.29, 1.82) is 0 Å². The van der Waals surface area contributed by atoms with E-state index in [2.05, 4.69) is 5.32 Å². The summed E-state index contributed by atoms with van der Waals surface area (Å²) in [5.74, 6) is -0.0317. The number of phenols is 1. The predicted octanol–water partition coefficient (Wildman–Crippen LogP) is 5.19. The lowest BCUT2D eigenvalue weighted by molar-refractivity contribution is 0.102. The van der Waals surface area contributed by atoms with Crippen LogP contribution < -0.4 is 10.1 Å². The number of aryl methyl sites for hydroxylation is 1. The second kappa shape index (κ2) is 7.93. The lowest BCUT2D eigenvalue weighted by atomic mass is 10.1. The summed E-state index contributed by atoms with van der Waals surface area (Å²) in [6.45, 7) is 2.40. The van der Waals surface area contributed by atoms with Crippen LogP contribution >= 0.6 is 11.6 Å². The molecule has 2 N–H and O–H groups in total. The van der Waals surface area contributed by atoms with Gasteiger partial charge in [0.1, 0.15) is 18.1 Å². The molecule has 4 nitrogen and oxygen atoms in total. The highest BCUT2D eigenvalue weighted by molar-refractivity contribution is 6.30. The first kappa shape index (κ1) is 17.8. The molecule has 0 heterocycles. The molecular formula is C21H18ClNO3. The van der Waals surface area contributed by atoms with Crippen molar-refractivity contribution in [3.8, 4) is 11.5 Å². The summed E-state index contributed by atoms with van der Waals surface area (Å²) >= 11 is 5.84. The first-order valence-corrected chi connectivity index (χ1v) is 8.47. The molecule has 0 aromatic heterocycles. The van der Waals surface area contributed by atoms with Gasteiger partial charge in [0.2, 0.25) is 0 Å². The zero-order chi connectivity index (χ0) is 18.5. The van der Waals surface area contributed by atoms with Gasteiger partial charge in [0.15, 0.2) is 0 Å². The fourth-order valence-corrected chi connectivity index (χ4v) is 2.61. The van der Waals surface area contributed by atoms with Crippen molar-refractivity contribution >= 4 is 23.2 Å². The number of ether oxygens (including phenoxy) is 1. The van der Waals surface area contributed by atoms with Crippen molar-refractivity contribution in [1.82, 2.24) is 0 Å². The third-order valence-corrected chi connectivity index (χ3v) is 4.05. The van der Waals surface area contributed by atoms with Crippen LogP contribution in [-0.2, 0) is 6.61 Å². The number of anilines is 1. The van der Waals surface area contributed by atoms with E-state index in [9.17, 15) is 9.90 Å². The molecule has 3 rings (SSSR count). The first-order valence-electron chi connectivity index (χ1n) is 8.09. The molecule has 0 saturated carbocycles. The topological polar surface area (TPSA) is 58.6 Å². The number of rotatable bonds is 5. The van der Waals surface area contributed by atoms with Crippen LogP contribution in [0, 0.1) is 6.92 Å². The zero-order valence-electron chi connectivity index (χ0n) is 14.2. The van der Waals surface area contributed by atoms with Crippen molar-refractivity contribution < 1.29 is 14.6 Å². The molecule has 0 aliphatic heterocycles.